The second-order valence-corrected chi connectivity index (χ2v) is 5.34. The molecule has 118 valence electrons. The van der Waals surface area contributed by atoms with Crippen LogP contribution in [0.3, 0.4) is 0 Å². The van der Waals surface area contributed by atoms with Crippen LogP contribution in [0.25, 0.3) is 11.0 Å². The molecule has 3 aromatic rings. The third-order valence-corrected chi connectivity index (χ3v) is 3.84. The molecule has 0 aliphatic heterocycles. The molecule has 0 aliphatic rings. The predicted molar refractivity (Wildman–Crippen MR) is 91.9 cm³/mol. The zero-order chi connectivity index (χ0) is 16.2. The Hall–Kier alpha value is -2.75. The van der Waals surface area contributed by atoms with Crippen LogP contribution in [0.2, 0.25) is 0 Å². The van der Waals surface area contributed by atoms with Crippen molar-refractivity contribution in [2.24, 2.45) is 7.05 Å². The molecular weight excluding hydrogens is 288 g/mol. The number of aryl methyl sites for hydroxylation is 1. The first kappa shape index (κ1) is 15.2. The molecule has 0 unspecified atom stereocenters. The van der Waals surface area contributed by atoms with Gasteiger partial charge in [-0.05, 0) is 36.2 Å². The van der Waals surface area contributed by atoms with Gasteiger partial charge in [-0.2, -0.15) is 0 Å². The summed E-state index contributed by atoms with van der Waals surface area (Å²) >= 11 is 0. The van der Waals surface area contributed by atoms with E-state index in [1.807, 2.05) is 54.1 Å². The summed E-state index contributed by atoms with van der Waals surface area (Å²) in [6.45, 7) is 4.15. The van der Waals surface area contributed by atoms with Gasteiger partial charge in [0, 0.05) is 7.05 Å². The van der Waals surface area contributed by atoms with Crippen LogP contribution in [0.5, 0.6) is 11.5 Å². The second-order valence-electron chi connectivity index (χ2n) is 5.34. The highest BCUT2D eigenvalue weighted by atomic mass is 16.5. The maximum absolute atomic E-state index is 5.92. The van der Waals surface area contributed by atoms with Crippen LogP contribution in [0.1, 0.15) is 11.4 Å². The van der Waals surface area contributed by atoms with Crippen molar-refractivity contribution in [3.05, 3.63) is 66.5 Å². The number of methoxy groups -OCH3 is 1. The van der Waals surface area contributed by atoms with Gasteiger partial charge in [-0.1, -0.05) is 24.3 Å². The third kappa shape index (κ3) is 3.06. The lowest BCUT2D eigenvalue weighted by Crippen LogP contribution is -2.04. The van der Waals surface area contributed by atoms with E-state index in [1.165, 1.54) is 0 Å². The molecule has 23 heavy (non-hydrogen) atoms. The van der Waals surface area contributed by atoms with Crippen LogP contribution in [0.4, 0.5) is 0 Å². The van der Waals surface area contributed by atoms with E-state index >= 15 is 0 Å². The fourth-order valence-electron chi connectivity index (χ4n) is 2.59. The minimum absolute atomic E-state index is 0.391. The first-order valence-corrected chi connectivity index (χ1v) is 7.54. The zero-order valence-electron chi connectivity index (χ0n) is 13.5. The summed E-state index contributed by atoms with van der Waals surface area (Å²) < 4.78 is 13.4. The van der Waals surface area contributed by atoms with E-state index in [2.05, 4.69) is 17.6 Å². The number of aromatic nitrogens is 2. The summed E-state index contributed by atoms with van der Waals surface area (Å²) in [4.78, 5) is 4.61. The van der Waals surface area contributed by atoms with Crippen molar-refractivity contribution >= 4 is 11.0 Å². The molecule has 0 radical (unpaired) electrons. The molecule has 2 aromatic carbocycles. The molecule has 0 atom stereocenters. The van der Waals surface area contributed by atoms with E-state index in [0.717, 1.165) is 34.6 Å². The Balaban J connectivity index is 1.81. The average molecular weight is 308 g/mol. The van der Waals surface area contributed by atoms with Gasteiger partial charge in [-0.3, -0.25) is 0 Å². The van der Waals surface area contributed by atoms with Crippen molar-refractivity contribution in [2.45, 2.75) is 13.0 Å². The summed E-state index contributed by atoms with van der Waals surface area (Å²) in [5, 5.41) is 0. The van der Waals surface area contributed by atoms with Crippen LogP contribution in [-0.4, -0.2) is 16.7 Å². The lowest BCUT2D eigenvalue weighted by Gasteiger charge is -2.11. The van der Waals surface area contributed by atoms with Gasteiger partial charge in [0.1, 0.15) is 12.4 Å². The second kappa shape index (κ2) is 6.57. The number of hydrogen-bond acceptors (Lipinski definition) is 3. The van der Waals surface area contributed by atoms with Crippen molar-refractivity contribution in [1.29, 1.82) is 0 Å². The Morgan fingerprint density at radius 1 is 1.17 bits per heavy atom. The van der Waals surface area contributed by atoms with E-state index in [1.54, 1.807) is 7.11 Å². The normalized spacial score (nSPS) is 10.7. The molecule has 0 saturated carbocycles. The first-order chi connectivity index (χ1) is 11.2. The van der Waals surface area contributed by atoms with E-state index in [0.29, 0.717) is 12.4 Å². The number of hydrogen-bond donors (Lipinski definition) is 0. The Morgan fingerprint density at radius 2 is 2.00 bits per heavy atom. The molecule has 0 amide bonds. The Bertz CT molecular complexity index is 837. The molecule has 0 spiro atoms. The minimum atomic E-state index is 0.391. The average Bonchev–Trinajstić information content (AvgIpc) is 2.90. The van der Waals surface area contributed by atoms with Crippen molar-refractivity contribution < 1.29 is 9.47 Å². The van der Waals surface area contributed by atoms with Crippen molar-refractivity contribution in [2.75, 3.05) is 7.11 Å². The molecule has 1 heterocycles. The largest absolute Gasteiger partial charge is 0.493 e. The van der Waals surface area contributed by atoms with Gasteiger partial charge in [0.05, 0.1) is 18.1 Å². The van der Waals surface area contributed by atoms with E-state index in [-0.39, 0.29) is 0 Å². The van der Waals surface area contributed by atoms with Crippen molar-refractivity contribution in [3.63, 3.8) is 0 Å². The molecule has 0 fully saturated rings. The monoisotopic (exact) mass is 308 g/mol. The summed E-state index contributed by atoms with van der Waals surface area (Å²) in [6, 6.07) is 14.0. The number of imidazole rings is 1. The lowest BCUT2D eigenvalue weighted by atomic mass is 10.1. The van der Waals surface area contributed by atoms with Crippen LogP contribution < -0.4 is 9.47 Å². The summed E-state index contributed by atoms with van der Waals surface area (Å²) in [7, 11) is 3.65. The quantitative estimate of drug-likeness (QED) is 0.648. The fourth-order valence-corrected chi connectivity index (χ4v) is 2.59. The fraction of sp³-hybridized carbons (Fsp3) is 0.211. The zero-order valence-corrected chi connectivity index (χ0v) is 13.5. The van der Waals surface area contributed by atoms with Crippen molar-refractivity contribution in [1.82, 2.24) is 9.55 Å². The molecule has 0 bridgehead atoms. The Labute approximate surface area is 136 Å². The van der Waals surface area contributed by atoms with Gasteiger partial charge in [-0.15, -0.1) is 6.58 Å². The van der Waals surface area contributed by atoms with E-state index < -0.39 is 0 Å². The highest BCUT2D eigenvalue weighted by Gasteiger charge is 2.10. The van der Waals surface area contributed by atoms with E-state index in [9.17, 15) is 0 Å². The smallest absolute Gasteiger partial charge is 0.161 e. The van der Waals surface area contributed by atoms with Crippen LogP contribution in [0.15, 0.2) is 55.1 Å². The number of allylic oxidation sites excluding steroid dienone is 1. The molecule has 0 aliphatic carbocycles. The summed E-state index contributed by atoms with van der Waals surface area (Å²) in [6.07, 6.45) is 2.68. The molecule has 4 nitrogen and oxygen atoms in total. The first-order valence-electron chi connectivity index (χ1n) is 7.54. The van der Waals surface area contributed by atoms with Gasteiger partial charge in [0.2, 0.25) is 0 Å². The van der Waals surface area contributed by atoms with Gasteiger partial charge in [0.25, 0.3) is 0 Å². The standard InChI is InChI=1S/C19H20N2O2/c1-4-7-14-10-11-17(18(12-14)22-3)23-13-19-20-15-8-5-6-9-16(15)21(19)2/h4-6,8-12H,1,7,13H2,2-3H3. The van der Waals surface area contributed by atoms with Gasteiger partial charge in [0.15, 0.2) is 11.5 Å². The Kier molecular flexibility index (Phi) is 4.33. The number of fused-ring (bicyclic) bond motifs is 1. The number of para-hydroxylation sites is 2. The molecule has 0 saturated heterocycles. The number of rotatable bonds is 6. The van der Waals surface area contributed by atoms with Gasteiger partial charge < -0.3 is 14.0 Å². The maximum Gasteiger partial charge on any atom is 0.161 e. The molecule has 1 aromatic heterocycles. The van der Waals surface area contributed by atoms with Crippen LogP contribution in [-0.2, 0) is 20.1 Å². The highest BCUT2D eigenvalue weighted by molar-refractivity contribution is 5.75. The Morgan fingerprint density at radius 3 is 2.74 bits per heavy atom. The number of benzene rings is 2. The highest BCUT2D eigenvalue weighted by Crippen LogP contribution is 2.29. The SMILES string of the molecule is C=CCc1ccc(OCc2nc3ccccc3n2C)c(OC)c1. The van der Waals surface area contributed by atoms with Crippen LogP contribution in [0, 0.1) is 0 Å². The third-order valence-electron chi connectivity index (χ3n) is 3.84. The topological polar surface area (TPSA) is 36.3 Å². The molecular formula is C19H20N2O2. The lowest BCUT2D eigenvalue weighted by molar-refractivity contribution is 0.273. The summed E-state index contributed by atoms with van der Waals surface area (Å²) in [5.41, 5.74) is 3.22. The predicted octanol–water partition coefficient (Wildman–Crippen LogP) is 3.89. The summed E-state index contributed by atoms with van der Waals surface area (Å²) in [5.74, 6) is 2.32. The van der Waals surface area contributed by atoms with Gasteiger partial charge in [-0.25, -0.2) is 4.98 Å². The molecule has 4 heteroatoms. The number of ether oxygens (including phenoxy) is 2. The maximum atomic E-state index is 5.92. The van der Waals surface area contributed by atoms with E-state index in [4.69, 9.17) is 9.47 Å². The molecule has 3 rings (SSSR count). The minimum Gasteiger partial charge on any atom is -0.493 e. The van der Waals surface area contributed by atoms with Crippen LogP contribution >= 0.6 is 0 Å². The van der Waals surface area contributed by atoms with Crippen molar-refractivity contribution in [3.8, 4) is 11.5 Å². The molecule has 0 N–H and O–H groups in total. The number of nitrogens with zero attached hydrogens (tertiary/aromatic N) is 2. The van der Waals surface area contributed by atoms with Gasteiger partial charge >= 0.3 is 0 Å².